The van der Waals surface area contributed by atoms with Crippen LogP contribution in [0.1, 0.15) is 6.92 Å². The molecule has 5 heteroatoms. The molecule has 2 rings (SSSR count). The molecule has 1 heterocycles. The number of rotatable bonds is 2. The van der Waals surface area contributed by atoms with Gasteiger partial charge in [0, 0.05) is 0 Å². The average molecular weight is 249 g/mol. The van der Waals surface area contributed by atoms with Gasteiger partial charge in [-0.2, -0.15) is 3.96 Å². The Labute approximate surface area is 102 Å². The fourth-order valence-corrected chi connectivity index (χ4v) is 2.26. The van der Waals surface area contributed by atoms with Crippen molar-refractivity contribution in [1.82, 2.24) is 3.96 Å². The summed E-state index contributed by atoms with van der Waals surface area (Å²) in [6.45, 7) is 2.01. The molecule has 0 saturated carbocycles. The monoisotopic (exact) mass is 249 g/mol. The molecule has 1 aromatic heterocycles. The molecule has 0 amide bonds. The van der Waals surface area contributed by atoms with Gasteiger partial charge in [0.2, 0.25) is 0 Å². The molecule has 2 aromatic rings. The SMILES string of the molecule is CC=CCOC(=O)n1sc2ccccc2c1=O. The molecule has 88 valence electrons. The van der Waals surface area contributed by atoms with Gasteiger partial charge in [0.1, 0.15) is 6.61 Å². The number of fused-ring (bicyclic) bond motifs is 1. The number of hydrogen-bond acceptors (Lipinski definition) is 4. The Kier molecular flexibility index (Phi) is 3.39. The number of carbonyl (C=O) groups excluding carboxylic acids is 1. The number of allylic oxidation sites excluding steroid dienone is 1. The molecule has 4 nitrogen and oxygen atoms in total. The van der Waals surface area contributed by atoms with E-state index in [1.54, 1.807) is 30.4 Å². The van der Waals surface area contributed by atoms with E-state index in [1.807, 2.05) is 13.0 Å². The maximum absolute atomic E-state index is 11.9. The highest BCUT2D eigenvalue weighted by Crippen LogP contribution is 2.15. The van der Waals surface area contributed by atoms with Crippen LogP contribution in [0, 0.1) is 0 Å². The molecule has 17 heavy (non-hydrogen) atoms. The van der Waals surface area contributed by atoms with Gasteiger partial charge in [0.15, 0.2) is 0 Å². The van der Waals surface area contributed by atoms with Crippen molar-refractivity contribution in [2.75, 3.05) is 6.61 Å². The predicted molar refractivity (Wildman–Crippen MR) is 67.6 cm³/mol. The molecule has 0 radical (unpaired) electrons. The van der Waals surface area contributed by atoms with E-state index in [4.69, 9.17) is 4.74 Å². The zero-order chi connectivity index (χ0) is 12.3. The third-order valence-electron chi connectivity index (χ3n) is 2.20. The molecular formula is C12H11NO3S. The maximum Gasteiger partial charge on any atom is 0.431 e. The van der Waals surface area contributed by atoms with Crippen LogP contribution < -0.4 is 5.56 Å². The summed E-state index contributed by atoms with van der Waals surface area (Å²) in [5, 5.41) is 0.542. The van der Waals surface area contributed by atoms with Crippen molar-refractivity contribution in [3.05, 3.63) is 46.8 Å². The van der Waals surface area contributed by atoms with Gasteiger partial charge in [-0.1, -0.05) is 24.3 Å². The Morgan fingerprint density at radius 3 is 2.94 bits per heavy atom. The van der Waals surface area contributed by atoms with Gasteiger partial charge in [0.25, 0.3) is 5.56 Å². The van der Waals surface area contributed by atoms with Gasteiger partial charge in [-0.3, -0.25) is 4.79 Å². The lowest BCUT2D eigenvalue weighted by Crippen LogP contribution is -2.22. The van der Waals surface area contributed by atoms with Crippen molar-refractivity contribution in [3.63, 3.8) is 0 Å². The summed E-state index contributed by atoms with van der Waals surface area (Å²) in [7, 11) is 0. The van der Waals surface area contributed by atoms with E-state index in [2.05, 4.69) is 0 Å². The van der Waals surface area contributed by atoms with Crippen LogP contribution in [-0.2, 0) is 4.74 Å². The Bertz CT molecular complexity index is 624. The number of carbonyl (C=O) groups is 1. The summed E-state index contributed by atoms with van der Waals surface area (Å²) in [6.07, 6.45) is 2.85. The van der Waals surface area contributed by atoms with Crippen LogP contribution in [0.5, 0.6) is 0 Å². The van der Waals surface area contributed by atoms with Gasteiger partial charge < -0.3 is 4.74 Å². The first-order chi connectivity index (χ1) is 8.24. The molecule has 0 unspecified atom stereocenters. The Balaban J connectivity index is 2.33. The van der Waals surface area contributed by atoms with Crippen LogP contribution in [0.4, 0.5) is 4.79 Å². The zero-order valence-corrected chi connectivity index (χ0v) is 10.1. The molecule has 0 aliphatic heterocycles. The highest BCUT2D eigenvalue weighted by Gasteiger charge is 2.13. The minimum Gasteiger partial charge on any atom is -0.444 e. The first kappa shape index (κ1) is 11.6. The van der Waals surface area contributed by atoms with Crippen molar-refractivity contribution in [3.8, 4) is 0 Å². The van der Waals surface area contributed by atoms with Gasteiger partial charge >= 0.3 is 6.09 Å². The molecule has 0 atom stereocenters. The van der Waals surface area contributed by atoms with Crippen molar-refractivity contribution < 1.29 is 9.53 Å². The van der Waals surface area contributed by atoms with Crippen molar-refractivity contribution in [2.24, 2.45) is 0 Å². The van der Waals surface area contributed by atoms with Crippen LogP contribution in [0.2, 0.25) is 0 Å². The third kappa shape index (κ3) is 2.29. The quantitative estimate of drug-likeness (QED) is 0.769. The molecule has 0 saturated heterocycles. The van der Waals surface area contributed by atoms with Crippen LogP contribution in [0.3, 0.4) is 0 Å². The van der Waals surface area contributed by atoms with Crippen LogP contribution in [-0.4, -0.2) is 16.7 Å². The number of hydrogen-bond donors (Lipinski definition) is 0. The summed E-state index contributed by atoms with van der Waals surface area (Å²) in [4.78, 5) is 23.5. The van der Waals surface area contributed by atoms with E-state index in [-0.39, 0.29) is 12.2 Å². The van der Waals surface area contributed by atoms with Crippen molar-refractivity contribution in [1.29, 1.82) is 0 Å². The first-order valence-electron chi connectivity index (χ1n) is 5.13. The summed E-state index contributed by atoms with van der Waals surface area (Å²) in [6, 6.07) is 7.10. The Morgan fingerprint density at radius 2 is 2.24 bits per heavy atom. The van der Waals surface area contributed by atoms with E-state index >= 15 is 0 Å². The lowest BCUT2D eigenvalue weighted by atomic mass is 10.3. The minimum atomic E-state index is -0.630. The van der Waals surface area contributed by atoms with E-state index in [1.165, 1.54) is 0 Å². The lowest BCUT2D eigenvalue weighted by Gasteiger charge is -1.98. The third-order valence-corrected chi connectivity index (χ3v) is 3.25. The standard InChI is InChI=1S/C12H11NO3S/c1-2-3-8-16-12(15)13-11(14)9-6-4-5-7-10(9)17-13/h2-7H,8H2,1H3. The Morgan fingerprint density at radius 1 is 1.47 bits per heavy atom. The summed E-state index contributed by atoms with van der Waals surface area (Å²) < 4.78 is 6.74. The topological polar surface area (TPSA) is 48.3 Å². The lowest BCUT2D eigenvalue weighted by molar-refractivity contribution is 0.162. The van der Waals surface area contributed by atoms with E-state index < -0.39 is 6.09 Å². The van der Waals surface area contributed by atoms with E-state index in [9.17, 15) is 9.59 Å². The normalized spacial score (nSPS) is 11.1. The minimum absolute atomic E-state index is 0.177. The fraction of sp³-hybridized carbons (Fsp3) is 0.167. The van der Waals surface area contributed by atoms with E-state index in [0.29, 0.717) is 5.39 Å². The fourth-order valence-electron chi connectivity index (χ4n) is 1.37. The predicted octanol–water partition coefficient (Wildman–Crippen LogP) is 2.62. The molecule has 0 N–H and O–H groups in total. The number of benzene rings is 1. The smallest absolute Gasteiger partial charge is 0.431 e. The second-order valence-corrected chi connectivity index (χ2v) is 4.32. The molecule has 0 aliphatic rings. The summed E-state index contributed by atoms with van der Waals surface area (Å²) >= 11 is 1.10. The van der Waals surface area contributed by atoms with Crippen LogP contribution >= 0.6 is 11.5 Å². The summed E-state index contributed by atoms with van der Waals surface area (Å²) in [5.74, 6) is 0. The molecule has 0 fully saturated rings. The Hall–Kier alpha value is -1.88. The average Bonchev–Trinajstić information content (AvgIpc) is 2.68. The van der Waals surface area contributed by atoms with Crippen LogP contribution in [0.25, 0.3) is 10.1 Å². The molecule has 0 aliphatic carbocycles. The molecule has 0 spiro atoms. The van der Waals surface area contributed by atoms with Gasteiger partial charge in [-0.15, -0.1) is 0 Å². The second-order valence-electron chi connectivity index (χ2n) is 3.33. The van der Waals surface area contributed by atoms with Crippen molar-refractivity contribution >= 4 is 27.7 Å². The van der Waals surface area contributed by atoms with Gasteiger partial charge in [-0.25, -0.2) is 4.79 Å². The van der Waals surface area contributed by atoms with E-state index in [0.717, 1.165) is 20.2 Å². The highest BCUT2D eigenvalue weighted by atomic mass is 32.1. The van der Waals surface area contributed by atoms with Crippen LogP contribution in [0.15, 0.2) is 41.2 Å². The second kappa shape index (κ2) is 4.97. The number of aromatic nitrogens is 1. The molecular weight excluding hydrogens is 238 g/mol. The highest BCUT2D eigenvalue weighted by molar-refractivity contribution is 7.14. The molecule has 0 bridgehead atoms. The van der Waals surface area contributed by atoms with Gasteiger partial charge in [0.05, 0.1) is 10.1 Å². The zero-order valence-electron chi connectivity index (χ0n) is 9.25. The molecule has 1 aromatic carbocycles. The first-order valence-corrected chi connectivity index (χ1v) is 5.90. The number of nitrogens with zero attached hydrogens (tertiary/aromatic N) is 1. The number of ether oxygens (including phenoxy) is 1. The largest absolute Gasteiger partial charge is 0.444 e. The maximum atomic E-state index is 11.9. The van der Waals surface area contributed by atoms with Crippen molar-refractivity contribution in [2.45, 2.75) is 6.92 Å². The van der Waals surface area contributed by atoms with Gasteiger partial charge in [-0.05, 0) is 30.6 Å². The summed E-state index contributed by atoms with van der Waals surface area (Å²) in [5.41, 5.74) is -0.323.